The van der Waals surface area contributed by atoms with Gasteiger partial charge in [0.2, 0.25) is 0 Å². The fourth-order valence-electron chi connectivity index (χ4n) is 5.98. The van der Waals surface area contributed by atoms with E-state index in [-0.39, 0.29) is 66.7 Å². The number of aromatic nitrogens is 5. The van der Waals surface area contributed by atoms with Crippen LogP contribution in [0, 0.1) is 5.82 Å². The van der Waals surface area contributed by atoms with E-state index < -0.39 is 42.5 Å². The average Bonchev–Trinajstić information content (AvgIpc) is 3.67. The second-order valence-corrected chi connectivity index (χ2v) is 12.9. The number of nitrogens with zero attached hydrogens (tertiary/aromatic N) is 6. The summed E-state index contributed by atoms with van der Waals surface area (Å²) in [4.78, 5) is 42.6. The number of amides is 1. The van der Waals surface area contributed by atoms with E-state index in [1.165, 1.54) is 31.6 Å². The molecule has 2 heterocycles. The van der Waals surface area contributed by atoms with Gasteiger partial charge < -0.3 is 39.8 Å². The van der Waals surface area contributed by atoms with Crippen LogP contribution in [-0.4, -0.2) is 86.6 Å². The van der Waals surface area contributed by atoms with Crippen molar-refractivity contribution in [2.45, 2.75) is 63.6 Å². The van der Waals surface area contributed by atoms with E-state index in [1.807, 2.05) is 0 Å². The minimum atomic E-state index is -1.30. The number of aliphatic imine (C=N–C) groups is 1. The van der Waals surface area contributed by atoms with Crippen LogP contribution < -0.4 is 25.3 Å². The van der Waals surface area contributed by atoms with Crippen molar-refractivity contribution in [3.8, 4) is 23.5 Å². The van der Waals surface area contributed by atoms with Gasteiger partial charge in [-0.2, -0.15) is 9.98 Å². The standard InChI is InChI=1S/C40H42F2N8O8/c1-3-32(58-40(53)56-30-13-8-7-12-29(30)41)57-39-48-36(49-50(39)38-44-18-9-19-45-38)34(28-22-27(54-2)23-31(33(28)42)55-21-20-51)46-26-16-14-24(15-17-26)35(43)47-37(52)25-10-5-4-6-11-25/h4-6,9-11,14-19,22-23,29-30,32,34,46,51H,3,7-8,12-13,20-21H2,1-2H3,(H2,43,47,52). The Balaban J connectivity index is 1.36. The third-order valence-electron chi connectivity index (χ3n) is 8.93. The van der Waals surface area contributed by atoms with E-state index in [4.69, 9.17) is 29.4 Å². The Morgan fingerprint density at radius 3 is 2.47 bits per heavy atom. The first-order valence-corrected chi connectivity index (χ1v) is 18.5. The lowest BCUT2D eigenvalue weighted by atomic mass is 9.96. The Hall–Kier alpha value is -6.69. The van der Waals surface area contributed by atoms with Gasteiger partial charge in [0, 0.05) is 47.3 Å². The zero-order chi connectivity index (χ0) is 41.0. The number of aliphatic hydroxyl groups excluding tert-OH is 1. The molecule has 1 aliphatic carbocycles. The molecule has 1 aliphatic rings. The summed E-state index contributed by atoms with van der Waals surface area (Å²) in [6, 6.07) is 17.9. The lowest BCUT2D eigenvalue weighted by molar-refractivity contribution is -0.0919. The number of hydrogen-bond donors (Lipinski definition) is 3. The molecule has 1 amide bonds. The Kier molecular flexibility index (Phi) is 13.7. The topological polar surface area (TPSA) is 207 Å². The van der Waals surface area contributed by atoms with Gasteiger partial charge in [0.05, 0.1) is 13.7 Å². The van der Waals surface area contributed by atoms with Crippen LogP contribution in [0.4, 0.5) is 19.3 Å². The first-order valence-electron chi connectivity index (χ1n) is 18.5. The molecule has 4 unspecified atom stereocenters. The van der Waals surface area contributed by atoms with E-state index in [9.17, 15) is 19.1 Å². The SMILES string of the molecule is CCC(OC(=O)OC1CCCCC1F)Oc1nc(C(Nc2ccc(C(N)=NC(=O)c3ccccc3)cc2)c2cc(OC)cc(OCCO)c2F)nn1-c1ncccn1. The van der Waals surface area contributed by atoms with Gasteiger partial charge in [0.1, 0.15) is 36.5 Å². The number of nitrogens with two attached hydrogens (primary N) is 1. The van der Waals surface area contributed by atoms with Gasteiger partial charge in [0.15, 0.2) is 17.4 Å². The molecule has 4 atom stereocenters. The molecular weight excluding hydrogens is 758 g/mol. The lowest BCUT2D eigenvalue weighted by Gasteiger charge is -2.26. The predicted octanol–water partition coefficient (Wildman–Crippen LogP) is 5.87. The maximum atomic E-state index is 16.5. The minimum absolute atomic E-state index is 0.0113. The number of amidine groups is 1. The second kappa shape index (κ2) is 19.4. The number of rotatable bonds is 16. The summed E-state index contributed by atoms with van der Waals surface area (Å²) in [5, 5.41) is 17.3. The van der Waals surface area contributed by atoms with Gasteiger partial charge in [-0.15, -0.1) is 9.78 Å². The highest BCUT2D eigenvalue weighted by Crippen LogP contribution is 2.36. The quantitative estimate of drug-likeness (QED) is 0.0462. The zero-order valence-electron chi connectivity index (χ0n) is 31.7. The van der Waals surface area contributed by atoms with Crippen molar-refractivity contribution in [2.24, 2.45) is 10.7 Å². The van der Waals surface area contributed by atoms with E-state index in [1.54, 1.807) is 67.6 Å². The molecule has 1 saturated carbocycles. The molecule has 304 valence electrons. The van der Waals surface area contributed by atoms with Crippen LogP contribution in [0.25, 0.3) is 5.95 Å². The Morgan fingerprint density at radius 1 is 1.03 bits per heavy atom. The van der Waals surface area contributed by atoms with Crippen molar-refractivity contribution in [1.29, 1.82) is 0 Å². The van der Waals surface area contributed by atoms with Gasteiger partial charge in [-0.3, -0.25) is 4.79 Å². The van der Waals surface area contributed by atoms with Gasteiger partial charge in [0.25, 0.3) is 18.1 Å². The Morgan fingerprint density at radius 2 is 1.78 bits per heavy atom. The molecule has 16 nitrogen and oxygen atoms in total. The average molecular weight is 801 g/mol. The Labute approximate surface area is 332 Å². The molecule has 0 aliphatic heterocycles. The summed E-state index contributed by atoms with van der Waals surface area (Å²) in [5.74, 6) is -1.41. The van der Waals surface area contributed by atoms with Crippen LogP contribution in [0.2, 0.25) is 0 Å². The number of aliphatic hydroxyl groups is 1. The smallest absolute Gasteiger partial charge is 0.497 e. The second-order valence-electron chi connectivity index (χ2n) is 12.9. The van der Waals surface area contributed by atoms with Crippen molar-refractivity contribution in [3.63, 3.8) is 0 Å². The third kappa shape index (κ3) is 10.2. The summed E-state index contributed by atoms with van der Waals surface area (Å²) in [5.41, 5.74) is 7.39. The molecular formula is C40H42F2N8O8. The number of anilines is 1. The molecule has 3 aromatic carbocycles. The van der Waals surface area contributed by atoms with Crippen molar-refractivity contribution < 1.29 is 47.2 Å². The molecule has 18 heteroatoms. The first kappa shape index (κ1) is 41.0. The molecule has 6 rings (SSSR count). The molecule has 58 heavy (non-hydrogen) atoms. The number of nitrogens with one attached hydrogen (secondary N) is 1. The number of carbonyl (C=O) groups is 2. The maximum absolute atomic E-state index is 16.5. The first-order chi connectivity index (χ1) is 28.2. The third-order valence-corrected chi connectivity index (χ3v) is 8.93. The van der Waals surface area contributed by atoms with Crippen LogP contribution in [0.15, 0.2) is 90.2 Å². The maximum Gasteiger partial charge on any atom is 0.511 e. The molecule has 0 bridgehead atoms. The number of alkyl halides is 1. The normalized spacial score (nSPS) is 16.5. The lowest BCUT2D eigenvalue weighted by Crippen LogP contribution is -2.34. The van der Waals surface area contributed by atoms with Crippen molar-refractivity contribution >= 4 is 23.6 Å². The summed E-state index contributed by atoms with van der Waals surface area (Å²) >= 11 is 0. The van der Waals surface area contributed by atoms with Crippen LogP contribution in [0.5, 0.6) is 17.5 Å². The van der Waals surface area contributed by atoms with Crippen LogP contribution in [0.1, 0.15) is 72.4 Å². The number of carbonyl (C=O) groups excluding carboxylic acids is 2. The van der Waals surface area contributed by atoms with Gasteiger partial charge >= 0.3 is 12.2 Å². The van der Waals surface area contributed by atoms with Gasteiger partial charge in [-0.25, -0.2) is 23.5 Å². The van der Waals surface area contributed by atoms with Crippen LogP contribution in [-0.2, 0) is 9.47 Å². The molecule has 4 N–H and O–H groups in total. The summed E-state index contributed by atoms with van der Waals surface area (Å²) in [7, 11) is 1.39. The largest absolute Gasteiger partial charge is 0.511 e. The van der Waals surface area contributed by atoms with Crippen molar-refractivity contribution in [3.05, 3.63) is 114 Å². The van der Waals surface area contributed by atoms with E-state index >= 15 is 4.39 Å². The summed E-state index contributed by atoms with van der Waals surface area (Å²) < 4.78 is 59.8. The molecule has 2 aromatic heterocycles. The minimum Gasteiger partial charge on any atom is -0.497 e. The summed E-state index contributed by atoms with van der Waals surface area (Å²) in [6.45, 7) is 1.10. The number of ether oxygens (including phenoxy) is 5. The molecule has 0 radical (unpaired) electrons. The van der Waals surface area contributed by atoms with Gasteiger partial charge in [-0.1, -0.05) is 31.5 Å². The van der Waals surface area contributed by atoms with E-state index in [0.717, 1.165) is 11.1 Å². The fraction of sp³-hybridized carbons (Fsp3) is 0.325. The highest BCUT2D eigenvalue weighted by molar-refractivity contribution is 6.08. The van der Waals surface area contributed by atoms with Crippen LogP contribution in [0.3, 0.4) is 0 Å². The highest BCUT2D eigenvalue weighted by Gasteiger charge is 2.32. The number of benzene rings is 3. The highest BCUT2D eigenvalue weighted by atomic mass is 19.1. The van der Waals surface area contributed by atoms with Gasteiger partial charge in [-0.05, 0) is 67.8 Å². The van der Waals surface area contributed by atoms with E-state index in [2.05, 4.69) is 30.4 Å². The number of hydrogen-bond acceptors (Lipinski definition) is 13. The monoisotopic (exact) mass is 800 g/mol. The predicted molar refractivity (Wildman–Crippen MR) is 205 cm³/mol. The summed E-state index contributed by atoms with van der Waals surface area (Å²) in [6.07, 6.45) is 0.489. The van der Waals surface area contributed by atoms with Crippen molar-refractivity contribution in [2.75, 3.05) is 25.6 Å². The number of halogens is 2. The van der Waals surface area contributed by atoms with Crippen molar-refractivity contribution in [1.82, 2.24) is 24.7 Å². The number of methoxy groups -OCH3 is 1. The Bertz CT molecular complexity index is 2180. The van der Waals surface area contributed by atoms with E-state index in [0.29, 0.717) is 29.7 Å². The molecule has 0 saturated heterocycles. The molecule has 1 fully saturated rings. The molecule has 5 aromatic rings. The molecule has 0 spiro atoms. The zero-order valence-corrected chi connectivity index (χ0v) is 31.7. The van der Waals surface area contributed by atoms with Crippen LogP contribution >= 0.6 is 0 Å². The fourth-order valence-corrected chi connectivity index (χ4v) is 5.98.